The van der Waals surface area contributed by atoms with Crippen LogP contribution in [-0.4, -0.2) is 50.3 Å². The summed E-state index contributed by atoms with van der Waals surface area (Å²) in [7, 11) is 5.38. The molecule has 0 heterocycles. The van der Waals surface area contributed by atoms with Gasteiger partial charge >= 0.3 is 0 Å². The van der Waals surface area contributed by atoms with E-state index in [0.29, 0.717) is 12.3 Å². The van der Waals surface area contributed by atoms with Gasteiger partial charge in [0.2, 0.25) is 0 Å². The predicted molar refractivity (Wildman–Crippen MR) is 91.8 cm³/mol. The van der Waals surface area contributed by atoms with Crippen molar-refractivity contribution in [1.82, 2.24) is 10.2 Å². The molecule has 1 aromatic rings. The van der Waals surface area contributed by atoms with Crippen LogP contribution in [0, 0.1) is 0 Å². The molecule has 0 aliphatic carbocycles. The normalized spacial score (nSPS) is 11.1. The van der Waals surface area contributed by atoms with Gasteiger partial charge in [0, 0.05) is 33.3 Å². The highest BCUT2D eigenvalue weighted by molar-refractivity contribution is 5.79. The monoisotopic (exact) mass is 305 g/mol. The highest BCUT2D eigenvalue weighted by Crippen LogP contribution is 2.23. The maximum Gasteiger partial charge on any atom is 0.193 e. The Balaban J connectivity index is 2.45. The van der Waals surface area contributed by atoms with Crippen LogP contribution in [-0.2, 0) is 6.42 Å². The molecule has 0 unspecified atom stereocenters. The molecule has 1 aromatic carbocycles. The highest BCUT2D eigenvalue weighted by atomic mass is 16.5. The van der Waals surface area contributed by atoms with Crippen LogP contribution in [0.4, 0.5) is 0 Å². The molecule has 0 aliphatic rings. The summed E-state index contributed by atoms with van der Waals surface area (Å²) in [4.78, 5) is 6.37. The molecule has 5 nitrogen and oxygen atoms in total. The Bertz CT molecular complexity index is 501. The van der Waals surface area contributed by atoms with E-state index in [0.717, 1.165) is 37.3 Å². The molecule has 0 fully saturated rings. The average Bonchev–Trinajstić information content (AvgIpc) is 2.52. The first-order chi connectivity index (χ1) is 10.6. The first kappa shape index (κ1) is 17.9. The van der Waals surface area contributed by atoms with Gasteiger partial charge in [0.15, 0.2) is 5.96 Å². The van der Waals surface area contributed by atoms with E-state index in [1.165, 1.54) is 0 Å². The molecular weight excluding hydrogens is 278 g/mol. The lowest BCUT2D eigenvalue weighted by Crippen LogP contribution is -2.40. The number of methoxy groups -OCH3 is 1. The maximum absolute atomic E-state index is 9.94. The molecule has 0 bridgehead atoms. The van der Waals surface area contributed by atoms with Gasteiger partial charge in [0.05, 0.1) is 7.11 Å². The van der Waals surface area contributed by atoms with Crippen molar-refractivity contribution in [3.63, 3.8) is 0 Å². The Morgan fingerprint density at radius 2 is 2.27 bits per heavy atom. The standard InChI is InChI=1S/C17H27N3O2/c1-5-6-7-12-20(3)17(18-2)19-11-10-14-8-9-15(22-4)13-16(14)21/h5,8-9,13,21H,1,6-7,10-12H2,2-4H3,(H,18,19). The molecule has 0 radical (unpaired) electrons. The second-order valence-corrected chi connectivity index (χ2v) is 5.07. The van der Waals surface area contributed by atoms with E-state index < -0.39 is 0 Å². The zero-order valence-corrected chi connectivity index (χ0v) is 13.8. The number of phenols is 1. The molecule has 0 atom stereocenters. The summed E-state index contributed by atoms with van der Waals surface area (Å²) in [6, 6.07) is 5.36. The molecule has 0 aliphatic heterocycles. The highest BCUT2D eigenvalue weighted by Gasteiger charge is 2.06. The summed E-state index contributed by atoms with van der Waals surface area (Å²) in [5.74, 6) is 1.78. The first-order valence-corrected chi connectivity index (χ1v) is 7.51. The number of nitrogens with zero attached hydrogens (tertiary/aromatic N) is 2. The van der Waals surface area contributed by atoms with E-state index in [4.69, 9.17) is 4.74 Å². The number of aliphatic imine (C=N–C) groups is 1. The van der Waals surface area contributed by atoms with Crippen molar-refractivity contribution >= 4 is 5.96 Å². The smallest absolute Gasteiger partial charge is 0.193 e. The molecule has 5 heteroatoms. The zero-order valence-electron chi connectivity index (χ0n) is 13.8. The Morgan fingerprint density at radius 3 is 2.86 bits per heavy atom. The zero-order chi connectivity index (χ0) is 16.4. The van der Waals surface area contributed by atoms with E-state index in [1.807, 2.05) is 25.3 Å². The Hall–Kier alpha value is -2.17. The fourth-order valence-electron chi connectivity index (χ4n) is 2.15. The van der Waals surface area contributed by atoms with Crippen molar-refractivity contribution in [1.29, 1.82) is 0 Å². The second-order valence-electron chi connectivity index (χ2n) is 5.07. The number of allylic oxidation sites excluding steroid dienone is 1. The van der Waals surface area contributed by atoms with Gasteiger partial charge in [-0.05, 0) is 30.9 Å². The number of ether oxygens (including phenoxy) is 1. The minimum absolute atomic E-state index is 0.260. The molecule has 0 amide bonds. The van der Waals surface area contributed by atoms with Crippen LogP contribution in [0.25, 0.3) is 0 Å². The number of benzene rings is 1. The van der Waals surface area contributed by atoms with Gasteiger partial charge < -0.3 is 20.1 Å². The summed E-state index contributed by atoms with van der Waals surface area (Å²) in [6.07, 6.45) is 4.70. The number of hydrogen-bond acceptors (Lipinski definition) is 3. The summed E-state index contributed by atoms with van der Waals surface area (Å²) in [6.45, 7) is 5.37. The number of aromatic hydroxyl groups is 1. The van der Waals surface area contributed by atoms with E-state index in [1.54, 1.807) is 20.2 Å². The lowest BCUT2D eigenvalue weighted by molar-refractivity contribution is 0.406. The Kier molecular flexibility index (Phi) is 7.89. The van der Waals surface area contributed by atoms with Gasteiger partial charge in [0.1, 0.15) is 11.5 Å². The third kappa shape index (κ3) is 5.68. The predicted octanol–water partition coefficient (Wildman–Crippen LogP) is 2.42. The third-order valence-corrected chi connectivity index (χ3v) is 3.45. The lowest BCUT2D eigenvalue weighted by atomic mass is 10.1. The summed E-state index contributed by atoms with van der Waals surface area (Å²) in [5, 5.41) is 13.2. The molecule has 122 valence electrons. The Morgan fingerprint density at radius 1 is 1.50 bits per heavy atom. The van der Waals surface area contributed by atoms with Crippen molar-refractivity contribution in [2.75, 3.05) is 34.3 Å². The summed E-state index contributed by atoms with van der Waals surface area (Å²) in [5.41, 5.74) is 0.887. The number of nitrogens with one attached hydrogen (secondary N) is 1. The van der Waals surface area contributed by atoms with Crippen LogP contribution in [0.2, 0.25) is 0 Å². The second kappa shape index (κ2) is 9.71. The Labute approximate surface area is 133 Å². The molecule has 0 saturated heterocycles. The molecule has 1 rings (SSSR count). The van der Waals surface area contributed by atoms with Crippen molar-refractivity contribution in [2.24, 2.45) is 4.99 Å². The van der Waals surface area contributed by atoms with Gasteiger partial charge in [0.25, 0.3) is 0 Å². The van der Waals surface area contributed by atoms with Crippen molar-refractivity contribution < 1.29 is 9.84 Å². The summed E-state index contributed by atoms with van der Waals surface area (Å²) >= 11 is 0. The summed E-state index contributed by atoms with van der Waals surface area (Å²) < 4.78 is 5.08. The quantitative estimate of drug-likeness (QED) is 0.335. The first-order valence-electron chi connectivity index (χ1n) is 7.51. The fourth-order valence-corrected chi connectivity index (χ4v) is 2.15. The molecule has 0 saturated carbocycles. The van der Waals surface area contributed by atoms with E-state index >= 15 is 0 Å². The molecular formula is C17H27N3O2. The minimum atomic E-state index is 0.260. The SMILES string of the molecule is C=CCCCN(C)C(=NC)NCCc1ccc(OC)cc1O. The van der Waals surface area contributed by atoms with Crippen LogP contribution in [0.5, 0.6) is 11.5 Å². The van der Waals surface area contributed by atoms with Crippen molar-refractivity contribution in [3.8, 4) is 11.5 Å². The van der Waals surface area contributed by atoms with Gasteiger partial charge in [-0.2, -0.15) is 0 Å². The van der Waals surface area contributed by atoms with Gasteiger partial charge in [-0.25, -0.2) is 0 Å². The van der Waals surface area contributed by atoms with Crippen LogP contribution in [0.15, 0.2) is 35.8 Å². The van der Waals surface area contributed by atoms with Gasteiger partial charge in [-0.15, -0.1) is 6.58 Å². The fraction of sp³-hybridized carbons (Fsp3) is 0.471. The molecule has 22 heavy (non-hydrogen) atoms. The van der Waals surface area contributed by atoms with Crippen LogP contribution < -0.4 is 10.1 Å². The van der Waals surface area contributed by atoms with E-state index in [-0.39, 0.29) is 5.75 Å². The number of phenolic OH excluding ortho intramolecular Hbond substituents is 1. The molecule has 0 aromatic heterocycles. The number of guanidine groups is 1. The lowest BCUT2D eigenvalue weighted by Gasteiger charge is -2.22. The number of hydrogen-bond donors (Lipinski definition) is 2. The van der Waals surface area contributed by atoms with E-state index in [2.05, 4.69) is 21.8 Å². The van der Waals surface area contributed by atoms with Gasteiger partial charge in [-0.1, -0.05) is 12.1 Å². The molecule has 0 spiro atoms. The number of unbranched alkanes of at least 4 members (excludes halogenated alkanes) is 1. The van der Waals surface area contributed by atoms with Crippen molar-refractivity contribution in [3.05, 3.63) is 36.4 Å². The minimum Gasteiger partial charge on any atom is -0.508 e. The largest absolute Gasteiger partial charge is 0.508 e. The van der Waals surface area contributed by atoms with Gasteiger partial charge in [-0.3, -0.25) is 4.99 Å². The maximum atomic E-state index is 9.94. The third-order valence-electron chi connectivity index (χ3n) is 3.45. The molecule has 2 N–H and O–H groups in total. The topological polar surface area (TPSA) is 57.1 Å². The van der Waals surface area contributed by atoms with Crippen LogP contribution >= 0.6 is 0 Å². The van der Waals surface area contributed by atoms with Crippen LogP contribution in [0.3, 0.4) is 0 Å². The van der Waals surface area contributed by atoms with Crippen LogP contribution in [0.1, 0.15) is 18.4 Å². The number of rotatable bonds is 8. The average molecular weight is 305 g/mol. The van der Waals surface area contributed by atoms with E-state index in [9.17, 15) is 5.11 Å². The van der Waals surface area contributed by atoms with Crippen molar-refractivity contribution in [2.45, 2.75) is 19.3 Å².